The molecular formula is C20H20N4O2. The molecule has 26 heavy (non-hydrogen) atoms. The molecule has 0 aliphatic carbocycles. The van der Waals surface area contributed by atoms with Gasteiger partial charge in [0.05, 0.1) is 12.7 Å². The molecular weight excluding hydrogens is 328 g/mol. The molecule has 1 heterocycles. The minimum absolute atomic E-state index is 0.358. The second-order valence-corrected chi connectivity index (χ2v) is 5.78. The number of anilines is 3. The zero-order valence-corrected chi connectivity index (χ0v) is 14.7. The Hall–Kier alpha value is -3.41. The van der Waals surface area contributed by atoms with Crippen molar-refractivity contribution in [3.63, 3.8) is 0 Å². The van der Waals surface area contributed by atoms with Gasteiger partial charge in [0.25, 0.3) is 0 Å². The van der Waals surface area contributed by atoms with Gasteiger partial charge in [-0.05, 0) is 35.9 Å². The van der Waals surface area contributed by atoms with Crippen LogP contribution in [0.15, 0.2) is 66.9 Å². The first-order valence-electron chi connectivity index (χ1n) is 8.19. The van der Waals surface area contributed by atoms with E-state index in [1.165, 1.54) is 12.7 Å². The summed E-state index contributed by atoms with van der Waals surface area (Å²) in [6.07, 6.45) is 1.72. The maximum absolute atomic E-state index is 11.5. The first-order chi connectivity index (χ1) is 12.7. The molecule has 0 aliphatic rings. The number of ether oxygens (including phenoxy) is 1. The number of aromatic nitrogens is 2. The van der Waals surface area contributed by atoms with Gasteiger partial charge in [0, 0.05) is 25.5 Å². The van der Waals surface area contributed by atoms with E-state index in [0.29, 0.717) is 17.3 Å². The van der Waals surface area contributed by atoms with Gasteiger partial charge in [-0.2, -0.15) is 4.98 Å². The van der Waals surface area contributed by atoms with Crippen LogP contribution in [0.3, 0.4) is 0 Å². The molecule has 0 aliphatic heterocycles. The maximum Gasteiger partial charge on any atom is 0.337 e. The van der Waals surface area contributed by atoms with E-state index in [1.54, 1.807) is 24.4 Å². The first-order valence-corrected chi connectivity index (χ1v) is 8.19. The highest BCUT2D eigenvalue weighted by molar-refractivity contribution is 5.89. The van der Waals surface area contributed by atoms with Crippen LogP contribution in [0, 0.1) is 0 Å². The summed E-state index contributed by atoms with van der Waals surface area (Å²) in [5.41, 5.74) is 2.52. The Kier molecular flexibility index (Phi) is 5.43. The lowest BCUT2D eigenvalue weighted by atomic mass is 10.2. The fourth-order valence-corrected chi connectivity index (χ4v) is 2.49. The molecule has 2 aromatic carbocycles. The second kappa shape index (κ2) is 8.11. The van der Waals surface area contributed by atoms with E-state index >= 15 is 0 Å². The molecule has 0 fully saturated rings. The number of hydrogen-bond donors (Lipinski definition) is 1. The maximum atomic E-state index is 11.5. The Bertz CT molecular complexity index is 866. The summed E-state index contributed by atoms with van der Waals surface area (Å²) in [6, 6.07) is 19.0. The Morgan fingerprint density at radius 1 is 1.08 bits per heavy atom. The van der Waals surface area contributed by atoms with Crippen molar-refractivity contribution in [2.75, 3.05) is 24.4 Å². The van der Waals surface area contributed by atoms with Gasteiger partial charge >= 0.3 is 5.97 Å². The molecule has 0 radical (unpaired) electrons. The predicted molar refractivity (Wildman–Crippen MR) is 102 cm³/mol. The average molecular weight is 348 g/mol. The average Bonchev–Trinajstić information content (AvgIpc) is 2.69. The SMILES string of the molecule is COC(=O)c1ccc(Nc2ccnc(N(C)Cc3ccccc3)n2)cc1. The van der Waals surface area contributed by atoms with Gasteiger partial charge in [-0.15, -0.1) is 0 Å². The zero-order chi connectivity index (χ0) is 18.4. The molecule has 0 saturated heterocycles. The number of carbonyl (C=O) groups is 1. The molecule has 0 unspecified atom stereocenters. The summed E-state index contributed by atoms with van der Waals surface area (Å²) in [6.45, 7) is 0.720. The highest BCUT2D eigenvalue weighted by Gasteiger charge is 2.08. The minimum atomic E-state index is -0.358. The van der Waals surface area contributed by atoms with Crippen LogP contribution in [0.4, 0.5) is 17.5 Å². The highest BCUT2D eigenvalue weighted by atomic mass is 16.5. The van der Waals surface area contributed by atoms with Gasteiger partial charge in [-0.25, -0.2) is 9.78 Å². The fourth-order valence-electron chi connectivity index (χ4n) is 2.49. The van der Waals surface area contributed by atoms with Crippen molar-refractivity contribution in [3.05, 3.63) is 78.0 Å². The summed E-state index contributed by atoms with van der Waals surface area (Å²) in [4.78, 5) is 22.4. The van der Waals surface area contributed by atoms with Crippen molar-refractivity contribution in [1.82, 2.24) is 9.97 Å². The molecule has 0 atom stereocenters. The predicted octanol–water partition coefficient (Wildman–Crippen LogP) is 3.64. The Balaban J connectivity index is 1.70. The van der Waals surface area contributed by atoms with Gasteiger partial charge in [0.2, 0.25) is 5.95 Å². The lowest BCUT2D eigenvalue weighted by Crippen LogP contribution is -2.19. The lowest BCUT2D eigenvalue weighted by molar-refractivity contribution is 0.0601. The Morgan fingerprint density at radius 2 is 1.81 bits per heavy atom. The Morgan fingerprint density at radius 3 is 2.50 bits per heavy atom. The quantitative estimate of drug-likeness (QED) is 0.686. The first kappa shape index (κ1) is 17.4. The summed E-state index contributed by atoms with van der Waals surface area (Å²) in [5.74, 6) is 0.953. The molecule has 6 heteroatoms. The summed E-state index contributed by atoms with van der Waals surface area (Å²) >= 11 is 0. The molecule has 6 nitrogen and oxygen atoms in total. The molecule has 0 spiro atoms. The Labute approximate surface area is 152 Å². The smallest absolute Gasteiger partial charge is 0.337 e. The molecule has 132 valence electrons. The minimum Gasteiger partial charge on any atom is -0.465 e. The highest BCUT2D eigenvalue weighted by Crippen LogP contribution is 2.18. The summed E-state index contributed by atoms with van der Waals surface area (Å²) < 4.78 is 4.70. The van der Waals surface area contributed by atoms with Crippen LogP contribution in [-0.2, 0) is 11.3 Å². The van der Waals surface area contributed by atoms with Crippen molar-refractivity contribution in [2.24, 2.45) is 0 Å². The number of hydrogen-bond acceptors (Lipinski definition) is 6. The van der Waals surface area contributed by atoms with E-state index in [4.69, 9.17) is 4.74 Å². The van der Waals surface area contributed by atoms with Crippen molar-refractivity contribution in [2.45, 2.75) is 6.54 Å². The molecule has 1 aromatic heterocycles. The van der Waals surface area contributed by atoms with Gasteiger partial charge in [0.1, 0.15) is 5.82 Å². The van der Waals surface area contributed by atoms with E-state index in [-0.39, 0.29) is 5.97 Å². The van der Waals surface area contributed by atoms with E-state index in [0.717, 1.165) is 12.2 Å². The van der Waals surface area contributed by atoms with Crippen molar-refractivity contribution < 1.29 is 9.53 Å². The van der Waals surface area contributed by atoms with E-state index in [1.807, 2.05) is 42.3 Å². The number of nitrogens with one attached hydrogen (secondary N) is 1. The molecule has 1 N–H and O–H groups in total. The van der Waals surface area contributed by atoms with Crippen LogP contribution < -0.4 is 10.2 Å². The third-order valence-electron chi connectivity index (χ3n) is 3.83. The van der Waals surface area contributed by atoms with Crippen LogP contribution in [0.5, 0.6) is 0 Å². The monoisotopic (exact) mass is 348 g/mol. The number of esters is 1. The van der Waals surface area contributed by atoms with E-state index < -0.39 is 0 Å². The molecule has 0 saturated carbocycles. The van der Waals surface area contributed by atoms with E-state index in [2.05, 4.69) is 27.4 Å². The number of nitrogens with zero attached hydrogens (tertiary/aromatic N) is 3. The third kappa shape index (κ3) is 4.36. The normalized spacial score (nSPS) is 10.2. The molecule has 3 aromatic rings. The molecule has 3 rings (SSSR count). The third-order valence-corrected chi connectivity index (χ3v) is 3.83. The van der Waals surface area contributed by atoms with Crippen LogP contribution in [-0.4, -0.2) is 30.1 Å². The van der Waals surface area contributed by atoms with Gasteiger partial charge in [-0.1, -0.05) is 30.3 Å². The van der Waals surface area contributed by atoms with E-state index in [9.17, 15) is 4.79 Å². The van der Waals surface area contributed by atoms with Crippen LogP contribution >= 0.6 is 0 Å². The number of rotatable bonds is 6. The van der Waals surface area contributed by atoms with Gasteiger partial charge in [-0.3, -0.25) is 0 Å². The summed E-state index contributed by atoms with van der Waals surface area (Å²) in [7, 11) is 3.32. The van der Waals surface area contributed by atoms with Crippen LogP contribution in [0.25, 0.3) is 0 Å². The summed E-state index contributed by atoms with van der Waals surface area (Å²) in [5, 5.41) is 3.22. The second-order valence-electron chi connectivity index (χ2n) is 5.78. The van der Waals surface area contributed by atoms with Crippen LogP contribution in [0.1, 0.15) is 15.9 Å². The van der Waals surface area contributed by atoms with Gasteiger partial charge in [0.15, 0.2) is 0 Å². The standard InChI is InChI=1S/C20H20N4O2/c1-24(14-15-6-4-3-5-7-15)20-21-13-12-18(23-20)22-17-10-8-16(9-11-17)19(25)26-2/h3-13H,14H2,1-2H3,(H,21,22,23). The van der Waals surface area contributed by atoms with Gasteiger partial charge < -0.3 is 15.0 Å². The number of methoxy groups -OCH3 is 1. The topological polar surface area (TPSA) is 67.3 Å². The van der Waals surface area contributed by atoms with Crippen molar-refractivity contribution in [1.29, 1.82) is 0 Å². The molecule has 0 amide bonds. The number of benzene rings is 2. The van der Waals surface area contributed by atoms with Crippen molar-refractivity contribution in [3.8, 4) is 0 Å². The van der Waals surface area contributed by atoms with Crippen LogP contribution in [0.2, 0.25) is 0 Å². The number of carbonyl (C=O) groups excluding carboxylic acids is 1. The lowest BCUT2D eigenvalue weighted by Gasteiger charge is -2.17. The zero-order valence-electron chi connectivity index (χ0n) is 14.7. The fraction of sp³-hybridized carbons (Fsp3) is 0.150. The largest absolute Gasteiger partial charge is 0.465 e. The van der Waals surface area contributed by atoms with Crippen molar-refractivity contribution >= 4 is 23.4 Å². The molecule has 0 bridgehead atoms.